The van der Waals surface area contributed by atoms with Crippen molar-refractivity contribution in [3.05, 3.63) is 27.2 Å². The molecule has 0 spiro atoms. The van der Waals surface area contributed by atoms with E-state index < -0.39 is 0 Å². The molecule has 1 aliphatic rings. The lowest BCUT2D eigenvalue weighted by atomic mass is 10.2. The molecule has 0 aliphatic carbocycles. The minimum Gasteiger partial charge on any atom is -0.311 e. The maximum atomic E-state index is 11.9. The van der Waals surface area contributed by atoms with Crippen LogP contribution in [0, 0.1) is 12.8 Å². The summed E-state index contributed by atoms with van der Waals surface area (Å²) in [4.78, 5) is 13.7. The molecule has 1 amide bonds. The summed E-state index contributed by atoms with van der Waals surface area (Å²) in [6, 6.07) is 3.81. The van der Waals surface area contributed by atoms with E-state index in [1.165, 1.54) is 0 Å². The normalized spacial score (nSPS) is 20.1. The predicted molar refractivity (Wildman–Crippen MR) is 78.1 cm³/mol. The number of halogens is 3. The summed E-state index contributed by atoms with van der Waals surface area (Å²) in [6.07, 6.45) is 0.600. The van der Waals surface area contributed by atoms with E-state index in [0.29, 0.717) is 17.4 Å². The van der Waals surface area contributed by atoms with Crippen molar-refractivity contribution in [1.29, 1.82) is 0 Å². The highest BCUT2D eigenvalue weighted by molar-refractivity contribution is 9.10. The smallest absolute Gasteiger partial charge is 0.227 e. The van der Waals surface area contributed by atoms with Crippen LogP contribution in [0.4, 0.5) is 5.69 Å². The molecule has 1 unspecified atom stereocenters. The van der Waals surface area contributed by atoms with Gasteiger partial charge in [-0.15, -0.1) is 0 Å². The number of nitrogens with zero attached hydrogens (tertiary/aromatic N) is 1. The van der Waals surface area contributed by atoms with Crippen molar-refractivity contribution in [3.8, 4) is 0 Å². The first-order valence-corrected chi connectivity index (χ1v) is 7.64. The van der Waals surface area contributed by atoms with Crippen molar-refractivity contribution in [2.75, 3.05) is 16.8 Å². The highest BCUT2D eigenvalue weighted by atomic mass is 79.9. The van der Waals surface area contributed by atoms with Gasteiger partial charge in [0.15, 0.2) is 0 Å². The fraction of sp³-hybridized carbons (Fsp3) is 0.417. The fourth-order valence-electron chi connectivity index (χ4n) is 1.96. The SMILES string of the molecule is Cc1cc(Br)c(N2CC(CBr)CC2=O)cc1Cl. The van der Waals surface area contributed by atoms with Crippen LogP contribution >= 0.6 is 43.5 Å². The molecule has 1 saturated heterocycles. The Hall–Kier alpha value is -0.0600. The summed E-state index contributed by atoms with van der Waals surface area (Å²) < 4.78 is 0.919. The van der Waals surface area contributed by atoms with Crippen molar-refractivity contribution < 1.29 is 4.79 Å². The van der Waals surface area contributed by atoms with Crippen LogP contribution in [-0.2, 0) is 4.79 Å². The van der Waals surface area contributed by atoms with Gasteiger partial charge >= 0.3 is 0 Å². The minimum atomic E-state index is 0.162. The molecule has 1 atom stereocenters. The summed E-state index contributed by atoms with van der Waals surface area (Å²) in [6.45, 7) is 2.70. The molecule has 5 heteroatoms. The first-order chi connectivity index (χ1) is 8.02. The molecule has 0 bridgehead atoms. The van der Waals surface area contributed by atoms with Crippen LogP contribution in [0.1, 0.15) is 12.0 Å². The van der Waals surface area contributed by atoms with E-state index in [1.54, 1.807) is 4.90 Å². The van der Waals surface area contributed by atoms with Gasteiger partial charge in [-0.3, -0.25) is 4.79 Å². The van der Waals surface area contributed by atoms with E-state index >= 15 is 0 Å². The first-order valence-electron chi connectivity index (χ1n) is 5.35. The number of carbonyl (C=O) groups excluding carboxylic acids is 1. The number of amides is 1. The molecule has 17 heavy (non-hydrogen) atoms. The lowest BCUT2D eigenvalue weighted by molar-refractivity contribution is -0.117. The quantitative estimate of drug-likeness (QED) is 0.705. The van der Waals surface area contributed by atoms with E-state index in [1.807, 2.05) is 19.1 Å². The number of aryl methyl sites for hydroxylation is 1. The predicted octanol–water partition coefficient (Wildman–Crippen LogP) is 4.16. The highest BCUT2D eigenvalue weighted by Gasteiger charge is 2.31. The van der Waals surface area contributed by atoms with Gasteiger partial charge in [0.2, 0.25) is 5.91 Å². The van der Waals surface area contributed by atoms with Crippen LogP contribution in [0.15, 0.2) is 16.6 Å². The second-order valence-electron chi connectivity index (χ2n) is 4.28. The van der Waals surface area contributed by atoms with Gasteiger partial charge in [-0.2, -0.15) is 0 Å². The second kappa shape index (κ2) is 5.29. The molecular weight excluding hydrogens is 369 g/mol. The Balaban J connectivity index is 2.35. The Labute approximate surface area is 123 Å². The molecule has 1 fully saturated rings. The lowest BCUT2D eigenvalue weighted by Gasteiger charge is -2.19. The van der Waals surface area contributed by atoms with E-state index in [2.05, 4.69) is 31.9 Å². The van der Waals surface area contributed by atoms with Crippen LogP contribution in [0.2, 0.25) is 5.02 Å². The van der Waals surface area contributed by atoms with Crippen molar-refractivity contribution in [1.82, 2.24) is 0 Å². The largest absolute Gasteiger partial charge is 0.311 e. The molecule has 1 aromatic rings. The monoisotopic (exact) mass is 379 g/mol. The number of hydrogen-bond donors (Lipinski definition) is 0. The van der Waals surface area contributed by atoms with Crippen molar-refractivity contribution in [3.63, 3.8) is 0 Å². The maximum Gasteiger partial charge on any atom is 0.227 e. The number of hydrogen-bond acceptors (Lipinski definition) is 1. The van der Waals surface area contributed by atoms with E-state index in [4.69, 9.17) is 11.6 Å². The molecule has 0 N–H and O–H groups in total. The third kappa shape index (κ3) is 2.69. The maximum absolute atomic E-state index is 11.9. The first kappa shape index (κ1) is 13.4. The van der Waals surface area contributed by atoms with Crippen molar-refractivity contribution >= 4 is 55.1 Å². The number of anilines is 1. The van der Waals surface area contributed by atoms with Crippen LogP contribution < -0.4 is 4.90 Å². The summed E-state index contributed by atoms with van der Waals surface area (Å²) in [5, 5.41) is 1.55. The molecule has 2 rings (SSSR count). The summed E-state index contributed by atoms with van der Waals surface area (Å²) >= 11 is 13.0. The van der Waals surface area contributed by atoms with Gasteiger partial charge in [0.05, 0.1) is 5.69 Å². The van der Waals surface area contributed by atoms with Crippen LogP contribution in [0.5, 0.6) is 0 Å². The number of benzene rings is 1. The van der Waals surface area contributed by atoms with Crippen molar-refractivity contribution in [2.45, 2.75) is 13.3 Å². The molecule has 0 aromatic heterocycles. The molecular formula is C12H12Br2ClNO. The average molecular weight is 381 g/mol. The Morgan fingerprint density at radius 2 is 2.24 bits per heavy atom. The Morgan fingerprint density at radius 3 is 2.82 bits per heavy atom. The molecule has 1 heterocycles. The zero-order valence-electron chi connectivity index (χ0n) is 9.34. The molecule has 0 radical (unpaired) electrons. The number of alkyl halides is 1. The van der Waals surface area contributed by atoms with E-state index in [9.17, 15) is 4.79 Å². The molecule has 1 aliphatic heterocycles. The zero-order valence-corrected chi connectivity index (χ0v) is 13.3. The van der Waals surface area contributed by atoms with Crippen LogP contribution in [0.3, 0.4) is 0 Å². The highest BCUT2D eigenvalue weighted by Crippen LogP contribution is 2.35. The summed E-state index contributed by atoms with van der Waals surface area (Å²) in [5.74, 6) is 0.546. The van der Waals surface area contributed by atoms with Gasteiger partial charge < -0.3 is 4.90 Å². The minimum absolute atomic E-state index is 0.162. The van der Waals surface area contributed by atoms with Gasteiger partial charge in [0, 0.05) is 27.8 Å². The standard InChI is InChI=1S/C12H12Br2ClNO/c1-7-2-9(14)11(4-10(7)15)16-6-8(5-13)3-12(16)17/h2,4,8H,3,5-6H2,1H3. The summed E-state index contributed by atoms with van der Waals surface area (Å²) in [5.41, 5.74) is 1.88. The van der Waals surface area contributed by atoms with Gasteiger partial charge in [0.1, 0.15) is 0 Å². The van der Waals surface area contributed by atoms with Crippen LogP contribution in [-0.4, -0.2) is 17.8 Å². The Bertz CT molecular complexity index is 464. The molecule has 2 nitrogen and oxygen atoms in total. The molecule has 1 aromatic carbocycles. The van der Waals surface area contributed by atoms with E-state index in [0.717, 1.165) is 27.6 Å². The molecule has 0 saturated carbocycles. The molecule has 92 valence electrons. The van der Waals surface area contributed by atoms with Gasteiger partial charge in [-0.1, -0.05) is 27.5 Å². The van der Waals surface area contributed by atoms with E-state index in [-0.39, 0.29) is 5.91 Å². The van der Waals surface area contributed by atoms with Crippen molar-refractivity contribution in [2.24, 2.45) is 5.92 Å². The third-order valence-electron chi connectivity index (χ3n) is 2.94. The average Bonchev–Trinajstić information content (AvgIpc) is 2.65. The van der Waals surface area contributed by atoms with Crippen LogP contribution in [0.25, 0.3) is 0 Å². The van der Waals surface area contributed by atoms with Gasteiger partial charge in [0.25, 0.3) is 0 Å². The number of rotatable bonds is 2. The topological polar surface area (TPSA) is 20.3 Å². The second-order valence-corrected chi connectivity index (χ2v) is 6.19. The Kier molecular flexibility index (Phi) is 4.16. The van der Waals surface area contributed by atoms with Gasteiger partial charge in [-0.05, 0) is 46.5 Å². The zero-order chi connectivity index (χ0) is 12.6. The lowest BCUT2D eigenvalue weighted by Crippen LogP contribution is -2.25. The third-order valence-corrected chi connectivity index (χ3v) is 4.90. The van der Waals surface area contributed by atoms with Gasteiger partial charge in [-0.25, -0.2) is 0 Å². The Morgan fingerprint density at radius 1 is 1.53 bits per heavy atom. The summed E-state index contributed by atoms with van der Waals surface area (Å²) in [7, 11) is 0. The fourth-order valence-corrected chi connectivity index (χ4v) is 3.22. The number of carbonyl (C=O) groups is 1.